The van der Waals surface area contributed by atoms with Crippen LogP contribution in [0.2, 0.25) is 0 Å². The highest BCUT2D eigenvalue weighted by Gasteiger charge is 2.20. The Morgan fingerprint density at radius 3 is 2.87 bits per heavy atom. The molecule has 0 saturated carbocycles. The minimum absolute atomic E-state index is 0.362. The minimum Gasteiger partial charge on any atom is -0.340 e. The summed E-state index contributed by atoms with van der Waals surface area (Å²) in [6, 6.07) is 17.1. The van der Waals surface area contributed by atoms with Crippen LogP contribution in [0.5, 0.6) is 0 Å². The molecule has 2 aromatic carbocycles. The average molecular weight is 400 g/mol. The van der Waals surface area contributed by atoms with E-state index >= 15 is 0 Å². The normalized spacial score (nSPS) is 17.1. The molecule has 1 aliphatic heterocycles. The third-order valence-corrected chi connectivity index (χ3v) is 5.61. The van der Waals surface area contributed by atoms with Crippen molar-refractivity contribution < 1.29 is 0 Å². The van der Waals surface area contributed by atoms with Crippen LogP contribution >= 0.6 is 0 Å². The number of rotatable bonds is 4. The zero-order valence-electron chi connectivity index (χ0n) is 17.0. The lowest BCUT2D eigenvalue weighted by atomic mass is 10.0. The molecule has 1 unspecified atom stereocenters. The fraction of sp³-hybridized carbons (Fsp3) is 0.261. The van der Waals surface area contributed by atoms with Crippen LogP contribution in [0.25, 0.3) is 10.9 Å². The fourth-order valence-corrected chi connectivity index (χ4v) is 3.91. The second-order valence-electron chi connectivity index (χ2n) is 7.69. The third kappa shape index (κ3) is 3.84. The van der Waals surface area contributed by atoms with E-state index in [1.165, 1.54) is 5.56 Å². The summed E-state index contributed by atoms with van der Waals surface area (Å²) in [5, 5.41) is 15.2. The van der Waals surface area contributed by atoms with E-state index in [-0.39, 0.29) is 0 Å². The van der Waals surface area contributed by atoms with E-state index in [0.29, 0.717) is 6.04 Å². The van der Waals surface area contributed by atoms with Crippen LogP contribution in [-0.4, -0.2) is 39.8 Å². The summed E-state index contributed by atoms with van der Waals surface area (Å²) in [4.78, 5) is 11.7. The number of aryl methyl sites for hydroxylation is 1. The van der Waals surface area contributed by atoms with E-state index in [9.17, 15) is 0 Å². The number of H-pyrrole nitrogens is 1. The average Bonchev–Trinajstić information content (AvgIpc) is 3.10. The second-order valence-corrected chi connectivity index (χ2v) is 7.69. The van der Waals surface area contributed by atoms with Crippen LogP contribution < -0.4 is 15.5 Å². The third-order valence-electron chi connectivity index (χ3n) is 5.61. The van der Waals surface area contributed by atoms with Crippen molar-refractivity contribution in [1.29, 1.82) is 0 Å². The first kappa shape index (κ1) is 18.6. The molecule has 5 rings (SSSR count). The van der Waals surface area contributed by atoms with Gasteiger partial charge in [-0.25, -0.2) is 4.98 Å². The highest BCUT2D eigenvalue weighted by Crippen LogP contribution is 2.25. The van der Waals surface area contributed by atoms with Crippen molar-refractivity contribution in [3.05, 3.63) is 72.1 Å². The van der Waals surface area contributed by atoms with Gasteiger partial charge < -0.3 is 15.5 Å². The Morgan fingerprint density at radius 2 is 1.97 bits per heavy atom. The molecule has 4 aromatic rings. The summed E-state index contributed by atoms with van der Waals surface area (Å²) in [6.07, 6.45) is 4.74. The van der Waals surface area contributed by atoms with Gasteiger partial charge in [0.2, 0.25) is 5.95 Å². The highest BCUT2D eigenvalue weighted by molar-refractivity contribution is 5.82. The summed E-state index contributed by atoms with van der Waals surface area (Å²) in [5.74, 6) is 1.60. The van der Waals surface area contributed by atoms with Gasteiger partial charge in [-0.1, -0.05) is 30.3 Å². The number of benzene rings is 2. The van der Waals surface area contributed by atoms with E-state index in [4.69, 9.17) is 4.98 Å². The van der Waals surface area contributed by atoms with Gasteiger partial charge >= 0.3 is 0 Å². The molecule has 1 saturated heterocycles. The van der Waals surface area contributed by atoms with Gasteiger partial charge in [0.25, 0.3) is 0 Å². The number of hydrogen-bond donors (Lipinski definition) is 3. The van der Waals surface area contributed by atoms with Crippen molar-refractivity contribution in [2.24, 2.45) is 0 Å². The van der Waals surface area contributed by atoms with Crippen LogP contribution in [0.1, 0.15) is 23.6 Å². The quantitative estimate of drug-likeness (QED) is 0.482. The molecule has 0 bridgehead atoms. The summed E-state index contributed by atoms with van der Waals surface area (Å²) < 4.78 is 0. The zero-order chi connectivity index (χ0) is 20.3. The Morgan fingerprint density at radius 1 is 1.07 bits per heavy atom. The van der Waals surface area contributed by atoms with E-state index in [2.05, 4.69) is 67.1 Å². The molecule has 2 aromatic heterocycles. The van der Waals surface area contributed by atoms with Gasteiger partial charge in [-0.3, -0.25) is 5.10 Å². The molecule has 1 atom stereocenters. The number of nitrogens with zero attached hydrogens (tertiary/aromatic N) is 4. The molecule has 3 heterocycles. The Labute approximate surface area is 175 Å². The van der Waals surface area contributed by atoms with Gasteiger partial charge in [0.1, 0.15) is 5.82 Å². The number of nitrogens with one attached hydrogen (secondary N) is 3. The maximum Gasteiger partial charge on any atom is 0.227 e. The first-order valence-corrected chi connectivity index (χ1v) is 10.3. The Bertz CT molecular complexity index is 1140. The number of hydrogen-bond acceptors (Lipinski definition) is 6. The molecule has 7 heteroatoms. The predicted molar refractivity (Wildman–Crippen MR) is 120 cm³/mol. The number of aromatic amines is 1. The van der Waals surface area contributed by atoms with Crippen molar-refractivity contribution >= 4 is 28.4 Å². The molecule has 0 radical (unpaired) electrons. The molecule has 3 N–H and O–H groups in total. The van der Waals surface area contributed by atoms with Crippen molar-refractivity contribution in [1.82, 2.24) is 25.5 Å². The molecule has 0 amide bonds. The molecule has 30 heavy (non-hydrogen) atoms. The zero-order valence-corrected chi connectivity index (χ0v) is 17.0. The summed E-state index contributed by atoms with van der Waals surface area (Å²) >= 11 is 0. The van der Waals surface area contributed by atoms with Crippen LogP contribution in [0.3, 0.4) is 0 Å². The number of anilines is 3. The van der Waals surface area contributed by atoms with E-state index in [1.54, 1.807) is 0 Å². The van der Waals surface area contributed by atoms with E-state index < -0.39 is 0 Å². The lowest BCUT2D eigenvalue weighted by molar-refractivity contribution is 0.550. The maximum absolute atomic E-state index is 4.85. The van der Waals surface area contributed by atoms with Gasteiger partial charge in [0.15, 0.2) is 0 Å². The monoisotopic (exact) mass is 399 g/mol. The Kier molecular flexibility index (Phi) is 5.03. The molecule has 1 fully saturated rings. The Hall–Kier alpha value is -3.45. The molecule has 152 valence electrons. The summed E-state index contributed by atoms with van der Waals surface area (Å²) in [5.41, 5.74) is 4.35. The lowest BCUT2D eigenvalue weighted by Gasteiger charge is -2.21. The predicted octanol–water partition coefficient (Wildman–Crippen LogP) is 3.95. The first-order chi connectivity index (χ1) is 14.8. The minimum atomic E-state index is 0.362. The molecule has 7 nitrogen and oxygen atoms in total. The molecular formula is C23H25N7. The van der Waals surface area contributed by atoms with Crippen LogP contribution in [0.4, 0.5) is 17.5 Å². The molecule has 1 aliphatic rings. The first-order valence-electron chi connectivity index (χ1n) is 10.3. The van der Waals surface area contributed by atoms with Gasteiger partial charge in [-0.2, -0.15) is 10.1 Å². The van der Waals surface area contributed by atoms with Crippen molar-refractivity contribution in [2.45, 2.75) is 19.4 Å². The van der Waals surface area contributed by atoms with Gasteiger partial charge in [0.05, 0.1) is 11.7 Å². The number of fused-ring (bicyclic) bond motifs is 1. The van der Waals surface area contributed by atoms with Gasteiger partial charge in [-0.15, -0.1) is 0 Å². The van der Waals surface area contributed by atoms with Crippen LogP contribution in [0.15, 0.2) is 60.9 Å². The molecular weight excluding hydrogens is 374 g/mol. The van der Waals surface area contributed by atoms with Crippen LogP contribution in [-0.2, 0) is 0 Å². The van der Waals surface area contributed by atoms with E-state index in [1.807, 2.05) is 31.5 Å². The summed E-state index contributed by atoms with van der Waals surface area (Å²) in [6.45, 7) is 4.72. The SMILES string of the molecule is Cc1cnc(N2CCNC(c3ccccc3)CC2)nc1Nc1ccc2[nH]ncc2c1. The van der Waals surface area contributed by atoms with Crippen molar-refractivity contribution in [3.63, 3.8) is 0 Å². The van der Waals surface area contributed by atoms with E-state index in [0.717, 1.165) is 60.0 Å². The fourth-order valence-electron chi connectivity index (χ4n) is 3.91. The van der Waals surface area contributed by atoms with Crippen molar-refractivity contribution in [2.75, 3.05) is 29.9 Å². The largest absolute Gasteiger partial charge is 0.340 e. The smallest absolute Gasteiger partial charge is 0.227 e. The van der Waals surface area contributed by atoms with Gasteiger partial charge in [0, 0.05) is 48.5 Å². The van der Waals surface area contributed by atoms with Gasteiger partial charge in [-0.05, 0) is 37.1 Å². The Balaban J connectivity index is 1.33. The second kappa shape index (κ2) is 8.12. The molecule has 0 aliphatic carbocycles. The number of aromatic nitrogens is 4. The standard InChI is InChI=1S/C23H25N7/c1-16-14-25-23(28-22(16)27-19-7-8-21-18(13-19)15-26-29-21)30-11-9-20(24-10-12-30)17-5-3-2-4-6-17/h2-8,13-15,20,24H,9-12H2,1H3,(H,26,29)(H,25,27,28). The topological polar surface area (TPSA) is 81.8 Å². The molecule has 0 spiro atoms. The highest BCUT2D eigenvalue weighted by atomic mass is 15.3. The van der Waals surface area contributed by atoms with Crippen LogP contribution in [0, 0.1) is 6.92 Å². The van der Waals surface area contributed by atoms with Crippen molar-refractivity contribution in [3.8, 4) is 0 Å². The maximum atomic E-state index is 4.85. The summed E-state index contributed by atoms with van der Waals surface area (Å²) in [7, 11) is 0. The lowest BCUT2D eigenvalue weighted by Crippen LogP contribution is -2.29.